The number of nitrogens with one attached hydrogen (secondary N) is 1. The summed E-state index contributed by atoms with van der Waals surface area (Å²) < 4.78 is 4.96. The molecule has 1 amide bonds. The van der Waals surface area contributed by atoms with Crippen LogP contribution in [0.15, 0.2) is 0 Å². The number of amides is 1. The highest BCUT2D eigenvalue weighted by Crippen LogP contribution is 2.02. The fourth-order valence-electron chi connectivity index (χ4n) is 1.58. The zero-order valence-electron chi connectivity index (χ0n) is 11.3. The van der Waals surface area contributed by atoms with Crippen LogP contribution in [0.4, 0.5) is 0 Å². The number of ether oxygens (including phenoxy) is 1. The monoisotopic (exact) mass is 265 g/mol. The van der Waals surface area contributed by atoms with Gasteiger partial charge in [-0.25, -0.2) is 4.98 Å². The van der Waals surface area contributed by atoms with Crippen LogP contribution in [0.2, 0.25) is 0 Å². The summed E-state index contributed by atoms with van der Waals surface area (Å²) in [5.74, 6) is 0.584. The first kappa shape index (κ1) is 15.1. The summed E-state index contributed by atoms with van der Waals surface area (Å²) in [5.41, 5.74) is 0. The van der Waals surface area contributed by atoms with Crippen molar-refractivity contribution in [3.63, 3.8) is 0 Å². The van der Waals surface area contributed by atoms with Crippen molar-refractivity contribution in [3.05, 3.63) is 11.6 Å². The minimum atomic E-state index is -0.272. The Hall–Kier alpha value is -1.94. The molecule has 1 N–H and O–H groups in total. The number of H-pyrrole nitrogens is 1. The average molecular weight is 265 g/mol. The molecule has 0 atom stereocenters. The number of aryl methyl sites for hydroxylation is 1. The molecule has 0 fully saturated rings. The van der Waals surface area contributed by atoms with Crippen molar-refractivity contribution in [2.24, 2.45) is 0 Å². The number of aromatic amines is 1. The van der Waals surface area contributed by atoms with Crippen LogP contribution in [0.3, 0.4) is 0 Å². The van der Waals surface area contributed by atoms with Crippen molar-refractivity contribution in [1.29, 1.82) is 5.26 Å². The molecule has 104 valence electrons. The van der Waals surface area contributed by atoms with Crippen molar-refractivity contribution in [1.82, 2.24) is 20.1 Å². The number of hydrogen-bond acceptors (Lipinski definition) is 5. The van der Waals surface area contributed by atoms with Gasteiger partial charge in [-0.2, -0.15) is 5.26 Å². The van der Waals surface area contributed by atoms with Gasteiger partial charge in [-0.15, -0.1) is 5.10 Å². The van der Waals surface area contributed by atoms with E-state index in [0.29, 0.717) is 25.5 Å². The van der Waals surface area contributed by atoms with Gasteiger partial charge >= 0.3 is 0 Å². The minimum absolute atomic E-state index is 0.150. The molecule has 0 saturated carbocycles. The number of nitrogens with zero attached hydrogens (tertiary/aromatic N) is 4. The first-order valence-electron chi connectivity index (χ1n) is 6.29. The first-order chi connectivity index (χ1) is 9.22. The maximum Gasteiger partial charge on any atom is 0.293 e. The van der Waals surface area contributed by atoms with Gasteiger partial charge in [-0.1, -0.05) is 6.92 Å². The van der Waals surface area contributed by atoms with E-state index >= 15 is 0 Å². The molecule has 7 nitrogen and oxygen atoms in total. The lowest BCUT2D eigenvalue weighted by Crippen LogP contribution is -2.35. The van der Waals surface area contributed by atoms with E-state index in [2.05, 4.69) is 15.2 Å². The summed E-state index contributed by atoms with van der Waals surface area (Å²) in [4.78, 5) is 17.9. The van der Waals surface area contributed by atoms with Crippen LogP contribution < -0.4 is 0 Å². The maximum absolute atomic E-state index is 12.2. The molecule has 0 bridgehead atoms. The van der Waals surface area contributed by atoms with Gasteiger partial charge in [0.25, 0.3) is 5.91 Å². The summed E-state index contributed by atoms with van der Waals surface area (Å²) in [6.45, 7) is 3.23. The zero-order chi connectivity index (χ0) is 14.1. The normalized spacial score (nSPS) is 10.2. The Labute approximate surface area is 112 Å². The number of methoxy groups -OCH3 is 1. The number of hydrogen-bond donors (Lipinski definition) is 1. The molecule has 1 aromatic rings. The van der Waals surface area contributed by atoms with Gasteiger partial charge in [0.1, 0.15) is 5.82 Å². The van der Waals surface area contributed by atoms with Crippen LogP contribution in [0.25, 0.3) is 0 Å². The smallest absolute Gasteiger partial charge is 0.293 e. The Bertz CT molecular complexity index is 438. The average Bonchev–Trinajstić information content (AvgIpc) is 2.87. The molecular formula is C12H19N5O2. The molecular weight excluding hydrogens is 246 g/mol. The molecule has 0 spiro atoms. The summed E-state index contributed by atoms with van der Waals surface area (Å²) in [5, 5.41) is 15.3. The molecule has 0 aliphatic heterocycles. The van der Waals surface area contributed by atoms with Gasteiger partial charge in [-0.3, -0.25) is 9.89 Å². The molecule has 19 heavy (non-hydrogen) atoms. The lowest BCUT2D eigenvalue weighted by molar-refractivity contribution is 0.0688. The minimum Gasteiger partial charge on any atom is -0.383 e. The Balaban J connectivity index is 2.70. The van der Waals surface area contributed by atoms with Crippen LogP contribution in [0.1, 0.15) is 36.2 Å². The van der Waals surface area contributed by atoms with Gasteiger partial charge in [0.15, 0.2) is 0 Å². The third-order valence-corrected chi connectivity index (χ3v) is 2.56. The van der Waals surface area contributed by atoms with Crippen LogP contribution in [0, 0.1) is 11.3 Å². The highest BCUT2D eigenvalue weighted by molar-refractivity contribution is 5.90. The van der Waals surface area contributed by atoms with Gasteiger partial charge in [0, 0.05) is 26.6 Å². The highest BCUT2D eigenvalue weighted by atomic mass is 16.5. The predicted molar refractivity (Wildman–Crippen MR) is 68.4 cm³/mol. The molecule has 0 radical (unpaired) electrons. The molecule has 1 heterocycles. The van der Waals surface area contributed by atoms with Crippen molar-refractivity contribution >= 4 is 5.91 Å². The summed E-state index contributed by atoms with van der Waals surface area (Å²) >= 11 is 0. The quantitative estimate of drug-likeness (QED) is 0.748. The third kappa shape index (κ3) is 4.67. The molecule has 1 rings (SSSR count). The summed E-state index contributed by atoms with van der Waals surface area (Å²) in [6, 6.07) is 2.02. The van der Waals surface area contributed by atoms with E-state index < -0.39 is 0 Å². The molecule has 0 aliphatic carbocycles. The van der Waals surface area contributed by atoms with Crippen LogP contribution >= 0.6 is 0 Å². The molecule has 7 heteroatoms. The maximum atomic E-state index is 12.2. The van der Waals surface area contributed by atoms with E-state index in [1.807, 2.05) is 13.0 Å². The predicted octanol–water partition coefficient (Wildman–Crippen LogP) is 0.759. The number of carbonyl (C=O) groups is 1. The van der Waals surface area contributed by atoms with Gasteiger partial charge in [0.2, 0.25) is 5.82 Å². The van der Waals surface area contributed by atoms with E-state index in [-0.39, 0.29) is 18.2 Å². The highest BCUT2D eigenvalue weighted by Gasteiger charge is 2.19. The van der Waals surface area contributed by atoms with Crippen LogP contribution in [0.5, 0.6) is 0 Å². The number of carbonyl (C=O) groups excluding carboxylic acids is 1. The number of nitriles is 1. The lowest BCUT2D eigenvalue weighted by atomic mass is 10.3. The second-order valence-corrected chi connectivity index (χ2v) is 4.05. The van der Waals surface area contributed by atoms with Gasteiger partial charge < -0.3 is 9.64 Å². The third-order valence-electron chi connectivity index (χ3n) is 2.56. The Morgan fingerprint density at radius 2 is 2.32 bits per heavy atom. The van der Waals surface area contributed by atoms with Crippen LogP contribution in [-0.4, -0.2) is 52.8 Å². The van der Waals surface area contributed by atoms with E-state index in [1.54, 1.807) is 7.11 Å². The Kier molecular flexibility index (Phi) is 6.53. The van der Waals surface area contributed by atoms with E-state index in [9.17, 15) is 4.79 Å². The SMILES string of the molecule is CCCc1nc(C(=O)N(CCC#N)CCOC)n[nH]1. The fourth-order valence-corrected chi connectivity index (χ4v) is 1.58. The second kappa shape index (κ2) is 8.21. The first-order valence-corrected chi connectivity index (χ1v) is 6.29. The summed E-state index contributed by atoms with van der Waals surface area (Å²) in [6.07, 6.45) is 1.98. The van der Waals surface area contributed by atoms with Gasteiger partial charge in [-0.05, 0) is 6.42 Å². The van der Waals surface area contributed by atoms with Crippen molar-refractivity contribution in [2.75, 3.05) is 26.8 Å². The second-order valence-electron chi connectivity index (χ2n) is 4.05. The van der Waals surface area contributed by atoms with E-state index in [4.69, 9.17) is 10.00 Å². The molecule has 0 aliphatic rings. The molecule has 0 aromatic carbocycles. The lowest BCUT2D eigenvalue weighted by Gasteiger charge is -2.19. The molecule has 1 aromatic heterocycles. The van der Waals surface area contributed by atoms with Crippen LogP contribution in [-0.2, 0) is 11.2 Å². The number of aromatic nitrogens is 3. The molecule has 0 unspecified atom stereocenters. The summed E-state index contributed by atoms with van der Waals surface area (Å²) in [7, 11) is 1.57. The molecule has 0 saturated heterocycles. The largest absolute Gasteiger partial charge is 0.383 e. The van der Waals surface area contributed by atoms with E-state index in [0.717, 1.165) is 12.8 Å². The van der Waals surface area contributed by atoms with Crippen molar-refractivity contribution < 1.29 is 9.53 Å². The van der Waals surface area contributed by atoms with Crippen molar-refractivity contribution in [2.45, 2.75) is 26.2 Å². The number of rotatable bonds is 8. The fraction of sp³-hybridized carbons (Fsp3) is 0.667. The Morgan fingerprint density at radius 1 is 1.53 bits per heavy atom. The zero-order valence-corrected chi connectivity index (χ0v) is 11.3. The topological polar surface area (TPSA) is 94.9 Å². The van der Waals surface area contributed by atoms with Gasteiger partial charge in [0.05, 0.1) is 19.1 Å². The van der Waals surface area contributed by atoms with Crippen molar-refractivity contribution in [3.8, 4) is 6.07 Å². The van der Waals surface area contributed by atoms with E-state index in [1.165, 1.54) is 4.90 Å². The standard InChI is InChI=1S/C12H19N5O2/c1-3-5-10-14-11(16-15-10)12(18)17(7-4-6-13)8-9-19-2/h3-5,7-9H2,1-2H3,(H,14,15,16). The Morgan fingerprint density at radius 3 is 2.95 bits per heavy atom.